The molecule has 0 atom stereocenters. The van der Waals surface area contributed by atoms with Crippen molar-refractivity contribution in [3.63, 3.8) is 0 Å². The number of aryl methyl sites for hydroxylation is 1. The quantitative estimate of drug-likeness (QED) is 0.907. The SMILES string of the molecule is COCc1cc(OC)ccc1-c1ccc(CO)cc1C. The molecule has 3 heteroatoms. The van der Waals surface area contributed by atoms with Crippen LogP contribution in [0.5, 0.6) is 5.75 Å². The van der Waals surface area contributed by atoms with E-state index in [0.717, 1.165) is 33.6 Å². The summed E-state index contributed by atoms with van der Waals surface area (Å²) in [5, 5.41) is 9.19. The predicted octanol–water partition coefficient (Wildman–Crippen LogP) is 3.31. The molecule has 0 aliphatic heterocycles. The highest BCUT2D eigenvalue weighted by Gasteiger charge is 2.09. The van der Waals surface area contributed by atoms with Gasteiger partial charge in [0.15, 0.2) is 0 Å². The summed E-state index contributed by atoms with van der Waals surface area (Å²) in [5.41, 5.74) is 5.44. The summed E-state index contributed by atoms with van der Waals surface area (Å²) >= 11 is 0. The van der Waals surface area contributed by atoms with E-state index in [9.17, 15) is 5.11 Å². The molecular weight excluding hydrogens is 252 g/mol. The predicted molar refractivity (Wildman–Crippen MR) is 79.8 cm³/mol. The van der Waals surface area contributed by atoms with Crippen molar-refractivity contribution < 1.29 is 14.6 Å². The fraction of sp³-hybridized carbons (Fsp3) is 0.294. The molecule has 2 aromatic carbocycles. The second-order valence-corrected chi connectivity index (χ2v) is 4.76. The Labute approximate surface area is 119 Å². The van der Waals surface area contributed by atoms with Crippen LogP contribution in [0.3, 0.4) is 0 Å². The third-order valence-electron chi connectivity index (χ3n) is 3.38. The number of rotatable bonds is 5. The molecule has 3 nitrogen and oxygen atoms in total. The lowest BCUT2D eigenvalue weighted by Gasteiger charge is -2.14. The summed E-state index contributed by atoms with van der Waals surface area (Å²) in [6, 6.07) is 12.0. The molecule has 0 saturated heterocycles. The molecule has 0 aliphatic rings. The van der Waals surface area contributed by atoms with Crippen LogP contribution in [0.4, 0.5) is 0 Å². The van der Waals surface area contributed by atoms with Crippen LogP contribution in [0.1, 0.15) is 16.7 Å². The smallest absolute Gasteiger partial charge is 0.119 e. The van der Waals surface area contributed by atoms with Crippen molar-refractivity contribution >= 4 is 0 Å². The van der Waals surface area contributed by atoms with Gasteiger partial charge in [0, 0.05) is 7.11 Å². The van der Waals surface area contributed by atoms with Crippen LogP contribution < -0.4 is 4.74 Å². The van der Waals surface area contributed by atoms with Gasteiger partial charge in [0.25, 0.3) is 0 Å². The second-order valence-electron chi connectivity index (χ2n) is 4.76. The first kappa shape index (κ1) is 14.6. The maximum atomic E-state index is 9.19. The minimum absolute atomic E-state index is 0.0641. The van der Waals surface area contributed by atoms with Gasteiger partial charge in [-0.05, 0) is 46.9 Å². The summed E-state index contributed by atoms with van der Waals surface area (Å²) in [6.07, 6.45) is 0. The average molecular weight is 272 g/mol. The molecule has 20 heavy (non-hydrogen) atoms. The first-order valence-electron chi connectivity index (χ1n) is 6.56. The van der Waals surface area contributed by atoms with Crippen LogP contribution in [-0.2, 0) is 18.0 Å². The van der Waals surface area contributed by atoms with Crippen LogP contribution >= 0.6 is 0 Å². The molecule has 2 aromatic rings. The highest BCUT2D eigenvalue weighted by molar-refractivity contribution is 5.71. The molecule has 0 saturated carbocycles. The van der Waals surface area contributed by atoms with Crippen molar-refractivity contribution in [3.8, 4) is 16.9 Å². The molecule has 0 unspecified atom stereocenters. The van der Waals surface area contributed by atoms with Gasteiger partial charge < -0.3 is 14.6 Å². The number of methoxy groups -OCH3 is 2. The van der Waals surface area contributed by atoms with Crippen LogP contribution in [-0.4, -0.2) is 19.3 Å². The van der Waals surface area contributed by atoms with E-state index in [2.05, 4.69) is 6.92 Å². The van der Waals surface area contributed by atoms with Crippen molar-refractivity contribution in [2.45, 2.75) is 20.1 Å². The maximum absolute atomic E-state index is 9.19. The standard InChI is InChI=1S/C17H20O3/c1-12-8-13(10-18)4-6-16(12)17-7-5-15(20-3)9-14(17)11-19-2/h4-9,18H,10-11H2,1-3H3. The number of ether oxygens (including phenoxy) is 2. The van der Waals surface area contributed by atoms with Gasteiger partial charge in [0.1, 0.15) is 5.75 Å². The lowest BCUT2D eigenvalue weighted by atomic mass is 9.94. The maximum Gasteiger partial charge on any atom is 0.119 e. The van der Waals surface area contributed by atoms with E-state index in [0.29, 0.717) is 6.61 Å². The van der Waals surface area contributed by atoms with E-state index < -0.39 is 0 Å². The molecule has 0 heterocycles. The minimum Gasteiger partial charge on any atom is -0.497 e. The monoisotopic (exact) mass is 272 g/mol. The fourth-order valence-electron chi connectivity index (χ4n) is 2.36. The van der Waals surface area contributed by atoms with E-state index >= 15 is 0 Å². The van der Waals surface area contributed by atoms with E-state index in [1.54, 1.807) is 14.2 Å². The molecule has 0 aromatic heterocycles. The van der Waals surface area contributed by atoms with Gasteiger partial charge in [-0.2, -0.15) is 0 Å². The van der Waals surface area contributed by atoms with Gasteiger partial charge in [-0.25, -0.2) is 0 Å². The van der Waals surface area contributed by atoms with Crippen LogP contribution in [0.15, 0.2) is 36.4 Å². The molecule has 106 valence electrons. The van der Waals surface area contributed by atoms with Crippen molar-refractivity contribution in [1.82, 2.24) is 0 Å². The van der Waals surface area contributed by atoms with Gasteiger partial charge in [-0.1, -0.05) is 24.3 Å². The normalized spacial score (nSPS) is 10.6. The number of hydrogen-bond donors (Lipinski definition) is 1. The fourth-order valence-corrected chi connectivity index (χ4v) is 2.36. The number of benzene rings is 2. The summed E-state index contributed by atoms with van der Waals surface area (Å²) in [4.78, 5) is 0. The van der Waals surface area contributed by atoms with Gasteiger partial charge in [-0.3, -0.25) is 0 Å². The zero-order valence-electron chi connectivity index (χ0n) is 12.1. The van der Waals surface area contributed by atoms with Crippen LogP contribution in [0.25, 0.3) is 11.1 Å². The van der Waals surface area contributed by atoms with E-state index in [4.69, 9.17) is 9.47 Å². The number of aliphatic hydroxyl groups is 1. The molecule has 0 fully saturated rings. The summed E-state index contributed by atoms with van der Waals surface area (Å²) in [6.45, 7) is 2.65. The van der Waals surface area contributed by atoms with Gasteiger partial charge in [-0.15, -0.1) is 0 Å². The van der Waals surface area contributed by atoms with Crippen LogP contribution in [0.2, 0.25) is 0 Å². The average Bonchev–Trinajstić information content (AvgIpc) is 2.47. The van der Waals surface area contributed by atoms with E-state index in [1.165, 1.54) is 0 Å². The Hall–Kier alpha value is -1.84. The molecule has 2 rings (SSSR count). The Kier molecular flexibility index (Phi) is 4.77. The molecule has 0 bridgehead atoms. The van der Waals surface area contributed by atoms with Gasteiger partial charge >= 0.3 is 0 Å². The summed E-state index contributed by atoms with van der Waals surface area (Å²) in [7, 11) is 3.35. The molecule has 0 radical (unpaired) electrons. The van der Waals surface area contributed by atoms with Crippen molar-refractivity contribution in [1.29, 1.82) is 0 Å². The zero-order chi connectivity index (χ0) is 14.5. The molecule has 0 aliphatic carbocycles. The first-order valence-corrected chi connectivity index (χ1v) is 6.56. The van der Waals surface area contributed by atoms with Crippen LogP contribution in [0, 0.1) is 6.92 Å². The Morgan fingerprint density at radius 1 is 1.00 bits per heavy atom. The highest BCUT2D eigenvalue weighted by Crippen LogP contribution is 2.30. The van der Waals surface area contributed by atoms with Crippen molar-refractivity contribution in [2.75, 3.05) is 14.2 Å². The molecule has 0 spiro atoms. The third kappa shape index (κ3) is 3.00. The Balaban J connectivity index is 2.50. The summed E-state index contributed by atoms with van der Waals surface area (Å²) < 4.78 is 10.5. The second kappa shape index (κ2) is 6.55. The van der Waals surface area contributed by atoms with Gasteiger partial charge in [0.05, 0.1) is 20.3 Å². The summed E-state index contributed by atoms with van der Waals surface area (Å²) in [5.74, 6) is 0.824. The third-order valence-corrected chi connectivity index (χ3v) is 3.38. The molecule has 0 amide bonds. The Bertz CT molecular complexity index is 591. The highest BCUT2D eigenvalue weighted by atomic mass is 16.5. The first-order chi connectivity index (χ1) is 9.69. The zero-order valence-corrected chi connectivity index (χ0v) is 12.1. The topological polar surface area (TPSA) is 38.7 Å². The van der Waals surface area contributed by atoms with Crippen molar-refractivity contribution in [3.05, 3.63) is 53.1 Å². The number of aliphatic hydroxyl groups excluding tert-OH is 1. The Morgan fingerprint density at radius 2 is 1.75 bits per heavy atom. The minimum atomic E-state index is 0.0641. The largest absolute Gasteiger partial charge is 0.497 e. The molecule has 1 N–H and O–H groups in total. The lowest BCUT2D eigenvalue weighted by Crippen LogP contribution is -1.96. The lowest BCUT2D eigenvalue weighted by molar-refractivity contribution is 0.185. The van der Waals surface area contributed by atoms with E-state index in [1.807, 2.05) is 36.4 Å². The Morgan fingerprint density at radius 3 is 2.35 bits per heavy atom. The number of hydrogen-bond acceptors (Lipinski definition) is 3. The van der Waals surface area contributed by atoms with Crippen molar-refractivity contribution in [2.24, 2.45) is 0 Å². The van der Waals surface area contributed by atoms with E-state index in [-0.39, 0.29) is 6.61 Å². The molecular formula is C17H20O3. The van der Waals surface area contributed by atoms with Gasteiger partial charge in [0.2, 0.25) is 0 Å².